The van der Waals surface area contributed by atoms with Gasteiger partial charge in [-0.25, -0.2) is 0 Å². The van der Waals surface area contributed by atoms with Gasteiger partial charge in [-0.1, -0.05) is 23.7 Å². The van der Waals surface area contributed by atoms with Crippen LogP contribution in [0.4, 0.5) is 0 Å². The van der Waals surface area contributed by atoms with Crippen molar-refractivity contribution in [3.8, 4) is 0 Å². The van der Waals surface area contributed by atoms with Crippen molar-refractivity contribution in [2.75, 3.05) is 13.1 Å². The summed E-state index contributed by atoms with van der Waals surface area (Å²) in [6, 6.07) is 7.51. The number of carbonyl (C=O) groups is 1. The van der Waals surface area contributed by atoms with E-state index < -0.39 is 5.41 Å². The summed E-state index contributed by atoms with van der Waals surface area (Å²) in [6.45, 7) is 7.17. The molecule has 21 heavy (non-hydrogen) atoms. The highest BCUT2D eigenvalue weighted by Crippen LogP contribution is 2.30. The van der Waals surface area contributed by atoms with Gasteiger partial charge in [-0.05, 0) is 57.2 Å². The highest BCUT2D eigenvalue weighted by molar-refractivity contribution is 6.30. The number of amides is 1. The average Bonchev–Trinajstić information content (AvgIpc) is 2.46. The maximum absolute atomic E-state index is 12.8. The lowest BCUT2D eigenvalue weighted by molar-refractivity contribution is -0.138. The first-order valence-corrected chi connectivity index (χ1v) is 7.93. The molecule has 1 saturated heterocycles. The Morgan fingerprint density at radius 2 is 2.00 bits per heavy atom. The van der Waals surface area contributed by atoms with Crippen LogP contribution in [0.3, 0.4) is 0 Å². The van der Waals surface area contributed by atoms with E-state index in [1.54, 1.807) is 0 Å². The van der Waals surface area contributed by atoms with Crippen molar-refractivity contribution >= 4 is 17.5 Å². The minimum atomic E-state index is -0.581. The third-order valence-corrected chi connectivity index (χ3v) is 4.83. The van der Waals surface area contributed by atoms with Gasteiger partial charge in [0.2, 0.25) is 5.91 Å². The summed E-state index contributed by atoms with van der Waals surface area (Å²) in [4.78, 5) is 14.7. The van der Waals surface area contributed by atoms with E-state index in [9.17, 15) is 9.90 Å². The van der Waals surface area contributed by atoms with Gasteiger partial charge in [0, 0.05) is 18.1 Å². The summed E-state index contributed by atoms with van der Waals surface area (Å²) < 4.78 is 0. The van der Waals surface area contributed by atoms with Crippen LogP contribution in [0.1, 0.15) is 39.2 Å². The third-order valence-electron chi connectivity index (χ3n) is 4.59. The number of likely N-dealkylation sites (tertiary alicyclic amines) is 1. The molecule has 2 rings (SSSR count). The minimum Gasteiger partial charge on any atom is -0.393 e. The summed E-state index contributed by atoms with van der Waals surface area (Å²) in [5, 5.41) is 10.3. The van der Waals surface area contributed by atoms with Crippen molar-refractivity contribution in [1.29, 1.82) is 0 Å². The van der Waals surface area contributed by atoms with Gasteiger partial charge in [0.05, 0.1) is 11.5 Å². The normalized spacial score (nSPS) is 18.6. The second-order valence-electron chi connectivity index (χ2n) is 6.51. The number of piperidine rings is 1. The van der Waals surface area contributed by atoms with Gasteiger partial charge in [0.1, 0.15) is 0 Å². The number of aliphatic hydroxyl groups excluding tert-OH is 1. The summed E-state index contributed by atoms with van der Waals surface area (Å²) in [5.41, 5.74) is 0.361. The summed E-state index contributed by atoms with van der Waals surface area (Å²) in [5.74, 6) is 0.442. The molecule has 1 unspecified atom stereocenters. The summed E-state index contributed by atoms with van der Waals surface area (Å²) in [7, 11) is 0. The van der Waals surface area contributed by atoms with Crippen molar-refractivity contribution < 1.29 is 9.90 Å². The lowest BCUT2D eigenvalue weighted by Gasteiger charge is -2.38. The number of halogens is 1. The largest absolute Gasteiger partial charge is 0.393 e. The van der Waals surface area contributed by atoms with E-state index in [0.29, 0.717) is 10.9 Å². The van der Waals surface area contributed by atoms with Gasteiger partial charge >= 0.3 is 0 Å². The number of hydrogen-bond acceptors (Lipinski definition) is 2. The molecule has 0 aliphatic carbocycles. The van der Waals surface area contributed by atoms with E-state index in [4.69, 9.17) is 11.6 Å². The Balaban J connectivity index is 2.09. The molecule has 3 nitrogen and oxygen atoms in total. The number of nitrogens with zero attached hydrogens (tertiary/aromatic N) is 1. The fraction of sp³-hybridized carbons (Fsp3) is 0.588. The van der Waals surface area contributed by atoms with E-state index in [0.717, 1.165) is 31.5 Å². The molecule has 1 aliphatic rings. The fourth-order valence-electron chi connectivity index (χ4n) is 2.98. The molecule has 1 amide bonds. The van der Waals surface area contributed by atoms with Gasteiger partial charge in [-0.3, -0.25) is 4.79 Å². The molecule has 1 N–H and O–H groups in total. The number of hydrogen-bond donors (Lipinski definition) is 1. The zero-order chi connectivity index (χ0) is 15.6. The van der Waals surface area contributed by atoms with Gasteiger partial charge in [0.15, 0.2) is 0 Å². The number of benzene rings is 1. The molecule has 0 saturated carbocycles. The van der Waals surface area contributed by atoms with Crippen LogP contribution in [0.5, 0.6) is 0 Å². The first kappa shape index (κ1) is 16.3. The van der Waals surface area contributed by atoms with Crippen LogP contribution < -0.4 is 0 Å². The van der Waals surface area contributed by atoms with Crippen LogP contribution in [-0.2, 0) is 10.2 Å². The highest BCUT2D eigenvalue weighted by atomic mass is 35.5. The molecule has 1 aromatic rings. The second kappa shape index (κ2) is 6.37. The van der Waals surface area contributed by atoms with Crippen molar-refractivity contribution in [3.05, 3.63) is 34.9 Å². The first-order chi connectivity index (χ1) is 9.82. The quantitative estimate of drug-likeness (QED) is 0.931. The first-order valence-electron chi connectivity index (χ1n) is 7.56. The summed E-state index contributed by atoms with van der Waals surface area (Å²) in [6.07, 6.45) is 1.45. The maximum Gasteiger partial charge on any atom is 0.232 e. The molecule has 0 spiro atoms. The molecule has 0 radical (unpaired) electrons. The molecule has 0 aromatic heterocycles. The number of rotatable bonds is 3. The zero-order valence-corrected chi connectivity index (χ0v) is 13.7. The fourth-order valence-corrected chi connectivity index (χ4v) is 3.17. The predicted octanol–water partition coefficient (Wildman–Crippen LogP) is 3.24. The smallest absolute Gasteiger partial charge is 0.232 e. The monoisotopic (exact) mass is 309 g/mol. The Kier molecular flexibility index (Phi) is 4.95. The average molecular weight is 310 g/mol. The summed E-state index contributed by atoms with van der Waals surface area (Å²) >= 11 is 6.04. The molecular weight excluding hydrogens is 286 g/mol. The second-order valence-corrected chi connectivity index (χ2v) is 6.94. The molecule has 1 aromatic carbocycles. The van der Waals surface area contributed by atoms with E-state index in [1.165, 1.54) is 0 Å². The van der Waals surface area contributed by atoms with E-state index in [2.05, 4.69) is 0 Å². The topological polar surface area (TPSA) is 40.5 Å². The van der Waals surface area contributed by atoms with Crippen molar-refractivity contribution in [1.82, 2.24) is 4.90 Å². The van der Waals surface area contributed by atoms with Gasteiger partial charge in [-0.2, -0.15) is 0 Å². The molecule has 1 fully saturated rings. The standard InChI is InChI=1S/C17H24ClNO2/c1-12(20)13-7-9-19(10-8-13)16(21)17(2,3)14-5-4-6-15(18)11-14/h4-6,11-13,20H,7-10H2,1-3H3. The van der Waals surface area contributed by atoms with E-state index in [-0.39, 0.29) is 12.0 Å². The molecule has 1 aliphatic heterocycles. The minimum absolute atomic E-state index is 0.133. The van der Waals surface area contributed by atoms with Crippen LogP contribution in [0, 0.1) is 5.92 Å². The molecule has 4 heteroatoms. The van der Waals surface area contributed by atoms with Crippen LogP contribution in [0.25, 0.3) is 0 Å². The van der Waals surface area contributed by atoms with Crippen LogP contribution >= 0.6 is 11.6 Å². The van der Waals surface area contributed by atoms with Crippen LogP contribution in [0.15, 0.2) is 24.3 Å². The Labute approximate surface area is 131 Å². The predicted molar refractivity (Wildman–Crippen MR) is 85.5 cm³/mol. The highest BCUT2D eigenvalue weighted by Gasteiger charge is 2.36. The number of carbonyl (C=O) groups excluding carboxylic acids is 1. The van der Waals surface area contributed by atoms with E-state index >= 15 is 0 Å². The van der Waals surface area contributed by atoms with Crippen molar-refractivity contribution in [2.24, 2.45) is 5.92 Å². The molecular formula is C17H24ClNO2. The van der Waals surface area contributed by atoms with Crippen molar-refractivity contribution in [3.63, 3.8) is 0 Å². The van der Waals surface area contributed by atoms with Crippen LogP contribution in [0.2, 0.25) is 5.02 Å². The van der Waals surface area contributed by atoms with Gasteiger partial charge in [0.25, 0.3) is 0 Å². The molecule has 116 valence electrons. The number of aliphatic hydroxyl groups is 1. The maximum atomic E-state index is 12.8. The van der Waals surface area contributed by atoms with E-state index in [1.807, 2.05) is 49.9 Å². The Morgan fingerprint density at radius 3 is 2.52 bits per heavy atom. The Hall–Kier alpha value is -1.06. The Bertz CT molecular complexity index is 505. The van der Waals surface area contributed by atoms with Crippen LogP contribution in [-0.4, -0.2) is 35.1 Å². The molecule has 0 bridgehead atoms. The lowest BCUT2D eigenvalue weighted by atomic mass is 9.82. The Morgan fingerprint density at radius 1 is 1.38 bits per heavy atom. The zero-order valence-electron chi connectivity index (χ0n) is 13.0. The SMILES string of the molecule is CC(O)C1CCN(C(=O)C(C)(C)c2cccc(Cl)c2)CC1. The van der Waals surface area contributed by atoms with Crippen molar-refractivity contribution in [2.45, 2.75) is 45.1 Å². The third kappa shape index (κ3) is 3.58. The lowest BCUT2D eigenvalue weighted by Crippen LogP contribution is -2.48. The molecule has 1 heterocycles. The van der Waals surface area contributed by atoms with Gasteiger partial charge < -0.3 is 10.0 Å². The van der Waals surface area contributed by atoms with Gasteiger partial charge in [-0.15, -0.1) is 0 Å². The molecule has 1 atom stereocenters.